The fourth-order valence-corrected chi connectivity index (χ4v) is 6.23. The fraction of sp³-hybridized carbons (Fsp3) is 0.467. The topological polar surface area (TPSA) is 68.3 Å². The van der Waals surface area contributed by atoms with E-state index in [2.05, 4.69) is 17.5 Å². The minimum Gasteiger partial charge on any atom is -0.445 e. The van der Waals surface area contributed by atoms with Crippen molar-refractivity contribution in [2.45, 2.75) is 56.3 Å². The van der Waals surface area contributed by atoms with Gasteiger partial charge < -0.3 is 19.1 Å². The number of esters is 1. The average molecular weight is 507 g/mol. The second kappa shape index (κ2) is 11.5. The van der Waals surface area contributed by atoms with Crippen LogP contribution in [0, 0.1) is 0 Å². The summed E-state index contributed by atoms with van der Waals surface area (Å²) in [7, 11) is 3.62. The first-order valence-corrected chi connectivity index (χ1v) is 12.9. The lowest BCUT2D eigenvalue weighted by Crippen LogP contribution is -2.68. The Labute approximate surface area is 220 Å². The van der Waals surface area contributed by atoms with Gasteiger partial charge in [-0.25, -0.2) is 4.79 Å². The van der Waals surface area contributed by atoms with Crippen molar-refractivity contribution in [2.75, 3.05) is 33.8 Å². The van der Waals surface area contributed by atoms with Crippen LogP contribution in [0.15, 0.2) is 67.3 Å². The van der Waals surface area contributed by atoms with Gasteiger partial charge in [-0.1, -0.05) is 48.5 Å². The predicted octanol–water partition coefficient (Wildman–Crippen LogP) is 4.95. The molecule has 0 aromatic heterocycles. The van der Waals surface area contributed by atoms with Crippen LogP contribution in [-0.2, 0) is 26.3 Å². The number of hydrogen-bond acceptors (Lipinski definition) is 6. The van der Waals surface area contributed by atoms with Crippen LogP contribution in [0.4, 0.5) is 4.79 Å². The predicted molar refractivity (Wildman–Crippen MR) is 142 cm³/mol. The number of rotatable bonds is 8. The molecule has 7 nitrogen and oxygen atoms in total. The van der Waals surface area contributed by atoms with Gasteiger partial charge in [-0.3, -0.25) is 9.69 Å². The highest BCUT2D eigenvalue weighted by Crippen LogP contribution is 2.54. The molecular weight excluding hydrogens is 468 g/mol. The van der Waals surface area contributed by atoms with E-state index in [1.165, 1.54) is 6.92 Å². The number of piperidine rings is 1. The summed E-state index contributed by atoms with van der Waals surface area (Å²) in [6, 6.07) is 17.5. The van der Waals surface area contributed by atoms with Crippen molar-refractivity contribution < 1.29 is 23.8 Å². The number of carbonyl (C=O) groups is 2. The van der Waals surface area contributed by atoms with Crippen molar-refractivity contribution in [1.82, 2.24) is 9.80 Å². The van der Waals surface area contributed by atoms with Crippen molar-refractivity contribution in [3.05, 3.63) is 78.4 Å². The van der Waals surface area contributed by atoms with Gasteiger partial charge in [0.2, 0.25) is 0 Å². The van der Waals surface area contributed by atoms with Crippen LogP contribution in [0.5, 0.6) is 5.75 Å². The van der Waals surface area contributed by atoms with Gasteiger partial charge in [0, 0.05) is 45.6 Å². The number of carbonyl (C=O) groups excluding carboxylic acids is 2. The minimum atomic E-state index is -0.450. The number of benzene rings is 2. The molecule has 1 amide bonds. The smallest absolute Gasteiger partial charge is 0.410 e. The molecule has 2 aliphatic rings. The molecule has 1 aliphatic carbocycles. The number of ether oxygens (including phenoxy) is 3. The molecule has 1 saturated carbocycles. The Balaban J connectivity index is 1.63. The zero-order chi connectivity index (χ0) is 26.5. The van der Waals surface area contributed by atoms with E-state index >= 15 is 0 Å². The van der Waals surface area contributed by atoms with Crippen molar-refractivity contribution in [3.8, 4) is 5.75 Å². The van der Waals surface area contributed by atoms with E-state index in [4.69, 9.17) is 14.2 Å². The van der Waals surface area contributed by atoms with Crippen LogP contribution in [0.3, 0.4) is 0 Å². The summed E-state index contributed by atoms with van der Waals surface area (Å²) >= 11 is 0. The Hall–Kier alpha value is -3.16. The van der Waals surface area contributed by atoms with Crippen LogP contribution in [0.1, 0.15) is 43.7 Å². The van der Waals surface area contributed by atoms with E-state index in [0.29, 0.717) is 5.75 Å². The Morgan fingerprint density at radius 3 is 2.65 bits per heavy atom. The molecular formula is C30H38N2O5. The van der Waals surface area contributed by atoms with Gasteiger partial charge in [-0.05, 0) is 55.5 Å². The van der Waals surface area contributed by atoms with Gasteiger partial charge in [0.1, 0.15) is 12.4 Å². The first kappa shape index (κ1) is 26.9. The molecule has 4 rings (SSSR count). The lowest BCUT2D eigenvalue weighted by atomic mass is 9.55. The molecule has 0 unspecified atom stereocenters. The molecule has 2 fully saturated rings. The number of amides is 1. The zero-order valence-electron chi connectivity index (χ0n) is 22.2. The highest BCUT2D eigenvalue weighted by molar-refractivity contribution is 5.69. The summed E-state index contributed by atoms with van der Waals surface area (Å²) in [5.41, 5.74) is 1.21. The zero-order valence-corrected chi connectivity index (χ0v) is 22.2. The van der Waals surface area contributed by atoms with Gasteiger partial charge in [0.25, 0.3) is 0 Å². The summed E-state index contributed by atoms with van der Waals surface area (Å²) < 4.78 is 17.5. The van der Waals surface area contributed by atoms with Gasteiger partial charge in [-0.15, -0.1) is 6.58 Å². The van der Waals surface area contributed by atoms with Gasteiger partial charge >= 0.3 is 12.1 Å². The molecule has 0 spiro atoms. The van der Waals surface area contributed by atoms with Crippen LogP contribution in [0.25, 0.3) is 0 Å². The molecule has 198 valence electrons. The molecule has 0 radical (unpaired) electrons. The summed E-state index contributed by atoms with van der Waals surface area (Å²) in [4.78, 5) is 28.9. The summed E-state index contributed by atoms with van der Waals surface area (Å²) in [6.07, 6.45) is 4.77. The molecule has 2 aromatic rings. The monoisotopic (exact) mass is 506 g/mol. The van der Waals surface area contributed by atoms with Crippen molar-refractivity contribution >= 4 is 12.1 Å². The third-order valence-electron chi connectivity index (χ3n) is 8.14. The Morgan fingerprint density at radius 2 is 1.95 bits per heavy atom. The molecule has 7 heteroatoms. The van der Waals surface area contributed by atoms with E-state index in [-0.39, 0.29) is 30.1 Å². The van der Waals surface area contributed by atoms with Crippen LogP contribution in [0.2, 0.25) is 0 Å². The molecule has 2 aromatic carbocycles. The highest BCUT2D eigenvalue weighted by Gasteiger charge is 2.59. The lowest BCUT2D eigenvalue weighted by Gasteiger charge is -2.60. The summed E-state index contributed by atoms with van der Waals surface area (Å²) in [5, 5.41) is 0. The maximum absolute atomic E-state index is 13.1. The normalized spacial score (nSPS) is 25.5. The van der Waals surface area contributed by atoms with Crippen LogP contribution < -0.4 is 4.74 Å². The summed E-state index contributed by atoms with van der Waals surface area (Å²) in [6.45, 7) is 8.02. The molecule has 1 aliphatic heterocycles. The number of hydrogen-bond donors (Lipinski definition) is 0. The minimum absolute atomic E-state index is 0.0186. The molecule has 0 bridgehead atoms. The maximum atomic E-state index is 13.1. The van der Waals surface area contributed by atoms with Gasteiger partial charge in [0.15, 0.2) is 0 Å². The van der Waals surface area contributed by atoms with E-state index in [1.807, 2.05) is 55.6 Å². The number of likely N-dealkylation sites (tertiary alicyclic amines) is 1. The number of fused-ring (bicyclic) bond motifs is 1. The SMILES string of the molecule is C=CCN1CC[C@@]2(c3cccc(OC(C)=O)c3)C[C@H](N(C)C(=O)OCc3ccccc3)CC[C@]2(OC)C1. The van der Waals surface area contributed by atoms with Gasteiger partial charge in [-0.2, -0.15) is 0 Å². The molecule has 3 atom stereocenters. The van der Waals surface area contributed by atoms with Gasteiger partial charge in [0.05, 0.1) is 5.60 Å². The van der Waals surface area contributed by atoms with Crippen molar-refractivity contribution in [2.24, 2.45) is 0 Å². The van der Waals surface area contributed by atoms with E-state index in [0.717, 1.165) is 56.4 Å². The van der Waals surface area contributed by atoms with Crippen LogP contribution in [-0.4, -0.2) is 67.3 Å². The summed E-state index contributed by atoms with van der Waals surface area (Å²) in [5.74, 6) is 0.173. The first-order chi connectivity index (χ1) is 17.8. The molecule has 37 heavy (non-hydrogen) atoms. The largest absolute Gasteiger partial charge is 0.445 e. The molecule has 1 saturated heterocycles. The second-order valence-corrected chi connectivity index (χ2v) is 10.2. The Morgan fingerprint density at radius 1 is 1.16 bits per heavy atom. The van der Waals surface area contributed by atoms with E-state index in [1.54, 1.807) is 18.1 Å². The highest BCUT2D eigenvalue weighted by atomic mass is 16.6. The number of nitrogens with zero attached hydrogens (tertiary/aromatic N) is 2. The average Bonchev–Trinajstić information content (AvgIpc) is 2.91. The van der Waals surface area contributed by atoms with E-state index in [9.17, 15) is 9.59 Å². The second-order valence-electron chi connectivity index (χ2n) is 10.2. The standard InChI is InChI=1S/C30H38N2O5/c1-5-17-32-18-16-29(25-12-9-13-27(19-25)37-23(2)33)20-26(14-15-30(29,22-32)35-4)31(3)28(34)36-21-24-10-7-6-8-11-24/h5-13,19,26H,1,14-18,20-22H2,2-4H3/t26-,29+,30+/m1/s1. The number of methoxy groups -OCH3 is 1. The van der Waals surface area contributed by atoms with Crippen molar-refractivity contribution in [1.29, 1.82) is 0 Å². The Bertz CT molecular complexity index is 1110. The lowest BCUT2D eigenvalue weighted by molar-refractivity contribution is -0.152. The molecule has 1 heterocycles. The van der Waals surface area contributed by atoms with Crippen molar-refractivity contribution in [3.63, 3.8) is 0 Å². The Kier molecular flexibility index (Phi) is 8.35. The quantitative estimate of drug-likeness (QED) is 0.287. The maximum Gasteiger partial charge on any atom is 0.410 e. The third kappa shape index (κ3) is 5.58. The van der Waals surface area contributed by atoms with E-state index < -0.39 is 5.60 Å². The molecule has 0 N–H and O–H groups in total. The fourth-order valence-electron chi connectivity index (χ4n) is 6.23. The first-order valence-electron chi connectivity index (χ1n) is 12.9. The van der Waals surface area contributed by atoms with Crippen LogP contribution >= 0.6 is 0 Å². The third-order valence-corrected chi connectivity index (χ3v) is 8.14.